The predicted octanol–water partition coefficient (Wildman–Crippen LogP) is 2.04. The third-order valence-corrected chi connectivity index (χ3v) is 3.58. The van der Waals surface area contributed by atoms with E-state index in [-0.39, 0.29) is 10.3 Å². The molecule has 84 valence electrons. The summed E-state index contributed by atoms with van der Waals surface area (Å²) >= 11 is 4.83. The molecule has 3 N–H and O–H groups in total. The normalized spacial score (nSPS) is 30.9. The first-order chi connectivity index (χ1) is 7.13. The number of H-pyrrole nitrogens is 1. The van der Waals surface area contributed by atoms with Gasteiger partial charge in [-0.25, -0.2) is 5.16 Å². The largest absolute Gasteiger partial charge is 0.348 e. The zero-order chi connectivity index (χ0) is 10.9. The lowest BCUT2D eigenvalue weighted by Gasteiger charge is -2.25. The van der Waals surface area contributed by atoms with Crippen molar-refractivity contribution in [2.75, 3.05) is 6.54 Å². The van der Waals surface area contributed by atoms with Gasteiger partial charge in [-0.05, 0) is 42.9 Å². The summed E-state index contributed by atoms with van der Waals surface area (Å²) in [6.45, 7) is 2.99. The van der Waals surface area contributed by atoms with E-state index in [1.54, 1.807) is 0 Å². The average Bonchev–Trinajstić information content (AvgIpc) is 2.75. The molecule has 5 heteroatoms. The van der Waals surface area contributed by atoms with Gasteiger partial charge in [-0.15, -0.1) is 0 Å². The fraction of sp³-hybridized carbons (Fsp3) is 0.800. The van der Waals surface area contributed by atoms with Crippen LogP contribution in [-0.4, -0.2) is 16.7 Å². The van der Waals surface area contributed by atoms with Crippen LogP contribution >= 0.6 is 12.2 Å². The van der Waals surface area contributed by atoms with E-state index in [1.165, 1.54) is 19.3 Å². The Hall–Kier alpha value is -0.680. The quantitative estimate of drug-likeness (QED) is 0.775. The molecule has 0 bridgehead atoms. The Labute approximate surface area is 94.2 Å². The number of aromatic nitrogens is 2. The van der Waals surface area contributed by atoms with Crippen LogP contribution in [0.3, 0.4) is 0 Å². The smallest absolute Gasteiger partial charge is 0.314 e. The molecule has 0 aromatic carbocycles. The van der Waals surface area contributed by atoms with Crippen LogP contribution in [0.2, 0.25) is 0 Å². The minimum absolute atomic E-state index is 0.203. The van der Waals surface area contributed by atoms with Gasteiger partial charge in [-0.3, -0.25) is 0 Å². The van der Waals surface area contributed by atoms with Crippen molar-refractivity contribution >= 4 is 12.2 Å². The Morgan fingerprint density at radius 3 is 3.00 bits per heavy atom. The molecule has 1 aromatic heterocycles. The minimum Gasteiger partial charge on any atom is -0.348 e. The Balaban J connectivity index is 2.11. The summed E-state index contributed by atoms with van der Waals surface area (Å²) in [5.74, 6) is 1.60. The van der Waals surface area contributed by atoms with Crippen molar-refractivity contribution in [2.45, 2.75) is 32.6 Å². The van der Waals surface area contributed by atoms with E-state index >= 15 is 0 Å². The first-order valence-corrected chi connectivity index (χ1v) is 5.79. The molecule has 1 aliphatic carbocycles. The highest BCUT2D eigenvalue weighted by Gasteiger charge is 2.37. The fourth-order valence-corrected chi connectivity index (χ4v) is 2.76. The molecule has 1 saturated carbocycles. The van der Waals surface area contributed by atoms with Gasteiger partial charge in [-0.2, -0.15) is 4.98 Å². The lowest BCUT2D eigenvalue weighted by molar-refractivity contribution is 0.283. The highest BCUT2D eigenvalue weighted by atomic mass is 32.1. The summed E-state index contributed by atoms with van der Waals surface area (Å²) in [5, 5.41) is 2.76. The van der Waals surface area contributed by atoms with Gasteiger partial charge in [0, 0.05) is 6.42 Å². The maximum absolute atomic E-state index is 5.89. The van der Waals surface area contributed by atoms with Crippen LogP contribution in [0.1, 0.15) is 32.0 Å². The second-order valence-electron chi connectivity index (χ2n) is 4.76. The summed E-state index contributed by atoms with van der Waals surface area (Å²) in [4.78, 5) is 4.41. The van der Waals surface area contributed by atoms with Crippen LogP contribution in [0.25, 0.3) is 0 Å². The van der Waals surface area contributed by atoms with E-state index in [1.807, 2.05) is 0 Å². The lowest BCUT2D eigenvalue weighted by Crippen LogP contribution is -2.30. The molecular formula is C10H17N3OS. The van der Waals surface area contributed by atoms with E-state index in [9.17, 15) is 0 Å². The van der Waals surface area contributed by atoms with Gasteiger partial charge >= 0.3 is 4.84 Å². The van der Waals surface area contributed by atoms with Crippen LogP contribution in [0.15, 0.2) is 4.52 Å². The first-order valence-electron chi connectivity index (χ1n) is 5.38. The highest BCUT2D eigenvalue weighted by Crippen LogP contribution is 2.42. The van der Waals surface area contributed by atoms with Crippen LogP contribution < -0.4 is 5.73 Å². The molecule has 0 saturated heterocycles. The van der Waals surface area contributed by atoms with Crippen LogP contribution in [0, 0.1) is 16.2 Å². The molecule has 0 spiro atoms. The van der Waals surface area contributed by atoms with Gasteiger partial charge in [0.15, 0.2) is 0 Å². The molecule has 2 atom stereocenters. The zero-order valence-corrected chi connectivity index (χ0v) is 9.77. The molecule has 15 heavy (non-hydrogen) atoms. The van der Waals surface area contributed by atoms with Crippen molar-refractivity contribution in [2.24, 2.45) is 17.1 Å². The Kier molecular flexibility index (Phi) is 2.93. The monoisotopic (exact) mass is 227 g/mol. The first kappa shape index (κ1) is 10.8. The zero-order valence-electron chi connectivity index (χ0n) is 8.95. The number of rotatable bonds is 3. The second-order valence-corrected chi connectivity index (χ2v) is 5.11. The topological polar surface area (TPSA) is 67.8 Å². The number of nitrogens with zero attached hydrogens (tertiary/aromatic N) is 1. The summed E-state index contributed by atoms with van der Waals surface area (Å²) in [6, 6.07) is 0. The molecule has 0 aliphatic heterocycles. The SMILES string of the molecule is C[C@@H]1CC[C@](CN)(Cc2nc(=S)o[nH]2)C1. The molecule has 0 unspecified atom stereocenters. The standard InChI is InChI=1S/C10H17N3OS/c1-7-2-3-10(4-7,6-11)5-8-12-9(15)14-13-8/h7H,2-6,11H2,1H3,(H,12,13,15)/t7-,10-/m1/s1. The van der Waals surface area contributed by atoms with Gasteiger partial charge in [0.2, 0.25) is 0 Å². The van der Waals surface area contributed by atoms with Gasteiger partial charge in [0.05, 0.1) is 0 Å². The van der Waals surface area contributed by atoms with Crippen molar-refractivity contribution < 1.29 is 4.52 Å². The molecule has 2 rings (SSSR count). The molecule has 1 aromatic rings. The van der Waals surface area contributed by atoms with Gasteiger partial charge in [0.25, 0.3) is 0 Å². The number of aromatic amines is 1. The average molecular weight is 227 g/mol. The van der Waals surface area contributed by atoms with Crippen LogP contribution in [0.4, 0.5) is 0 Å². The number of nitrogens with two attached hydrogens (primary N) is 1. The molecule has 4 nitrogen and oxygen atoms in total. The van der Waals surface area contributed by atoms with Gasteiger partial charge in [0.1, 0.15) is 5.82 Å². The Morgan fingerprint density at radius 1 is 1.73 bits per heavy atom. The third kappa shape index (κ3) is 2.29. The molecule has 1 heterocycles. The second kappa shape index (κ2) is 4.06. The summed E-state index contributed by atoms with van der Waals surface area (Å²) in [7, 11) is 0. The van der Waals surface area contributed by atoms with E-state index in [4.69, 9.17) is 22.5 Å². The van der Waals surface area contributed by atoms with Crippen molar-refractivity contribution in [1.82, 2.24) is 10.1 Å². The van der Waals surface area contributed by atoms with Gasteiger partial charge < -0.3 is 10.3 Å². The number of hydrogen-bond acceptors (Lipinski definition) is 4. The Bertz CT molecular complexity index is 386. The maximum atomic E-state index is 5.89. The van der Waals surface area contributed by atoms with Gasteiger partial charge in [-0.1, -0.05) is 13.3 Å². The van der Waals surface area contributed by atoms with E-state index < -0.39 is 0 Å². The highest BCUT2D eigenvalue weighted by molar-refractivity contribution is 7.71. The molecule has 1 aliphatic rings. The molecule has 0 radical (unpaired) electrons. The van der Waals surface area contributed by atoms with Crippen molar-refractivity contribution in [3.63, 3.8) is 0 Å². The minimum atomic E-state index is 0.203. The maximum Gasteiger partial charge on any atom is 0.314 e. The van der Waals surface area contributed by atoms with Crippen molar-refractivity contribution in [1.29, 1.82) is 0 Å². The predicted molar refractivity (Wildman–Crippen MR) is 59.9 cm³/mol. The molecule has 1 fully saturated rings. The molecule has 0 amide bonds. The summed E-state index contributed by atoms with van der Waals surface area (Å²) in [6.07, 6.45) is 4.47. The summed E-state index contributed by atoms with van der Waals surface area (Å²) < 4.78 is 4.93. The van der Waals surface area contributed by atoms with Crippen LogP contribution in [0.5, 0.6) is 0 Å². The lowest BCUT2D eigenvalue weighted by atomic mass is 9.82. The number of nitrogens with one attached hydrogen (secondary N) is 1. The van der Waals surface area contributed by atoms with Crippen LogP contribution in [-0.2, 0) is 6.42 Å². The van der Waals surface area contributed by atoms with Crippen molar-refractivity contribution in [3.05, 3.63) is 10.7 Å². The van der Waals surface area contributed by atoms with E-state index in [0.717, 1.165) is 18.2 Å². The van der Waals surface area contributed by atoms with E-state index in [0.29, 0.717) is 6.54 Å². The van der Waals surface area contributed by atoms with E-state index in [2.05, 4.69) is 17.1 Å². The number of hydrogen-bond donors (Lipinski definition) is 2. The third-order valence-electron chi connectivity index (χ3n) is 3.41. The summed E-state index contributed by atoms with van der Waals surface area (Å²) in [5.41, 5.74) is 6.09. The molecular weight excluding hydrogens is 210 g/mol. The van der Waals surface area contributed by atoms with Crippen molar-refractivity contribution in [3.8, 4) is 0 Å². The Morgan fingerprint density at radius 2 is 2.53 bits per heavy atom. The fourth-order valence-electron chi connectivity index (χ4n) is 2.60.